The van der Waals surface area contributed by atoms with Gasteiger partial charge in [-0.2, -0.15) is 0 Å². The van der Waals surface area contributed by atoms with Crippen molar-refractivity contribution < 1.29 is 14.3 Å². The monoisotopic (exact) mass is 493 g/mol. The Balaban J connectivity index is 1.59. The Bertz CT molecular complexity index is 1210. The van der Waals surface area contributed by atoms with Crippen LogP contribution in [0.25, 0.3) is 10.9 Å². The summed E-state index contributed by atoms with van der Waals surface area (Å²) < 4.78 is 12.6. The Hall–Kier alpha value is -2.26. The van der Waals surface area contributed by atoms with Crippen molar-refractivity contribution in [3.63, 3.8) is 0 Å². The smallest absolute Gasteiger partial charge is 0.262 e. The molecular weight excluding hydrogens is 473 g/mol. The Morgan fingerprint density at radius 3 is 2.81 bits per heavy atom. The van der Waals surface area contributed by atoms with E-state index >= 15 is 0 Å². The Kier molecular flexibility index (Phi) is 7.25. The summed E-state index contributed by atoms with van der Waals surface area (Å²) in [6.07, 6.45) is 1.79. The number of methoxy groups -OCH3 is 1. The maximum absolute atomic E-state index is 13.2. The summed E-state index contributed by atoms with van der Waals surface area (Å²) in [6.45, 7) is 1.07. The summed E-state index contributed by atoms with van der Waals surface area (Å²) >= 11 is 13.3. The third-order valence-electron chi connectivity index (χ3n) is 5.06. The number of aromatic nitrogens is 2. The van der Waals surface area contributed by atoms with Crippen LogP contribution in [0.5, 0.6) is 5.75 Å². The number of halogens is 2. The van der Waals surface area contributed by atoms with Crippen LogP contribution < -0.4 is 15.6 Å². The fourth-order valence-electron chi connectivity index (χ4n) is 3.53. The van der Waals surface area contributed by atoms with E-state index in [0.29, 0.717) is 50.7 Å². The zero-order valence-corrected chi connectivity index (χ0v) is 19.6. The fraction of sp³-hybridized carbons (Fsp3) is 0.318. The zero-order valence-electron chi connectivity index (χ0n) is 17.3. The molecule has 1 unspecified atom stereocenters. The van der Waals surface area contributed by atoms with Crippen LogP contribution in [0, 0.1) is 0 Å². The highest BCUT2D eigenvalue weighted by atomic mass is 35.5. The number of amides is 1. The molecule has 0 aliphatic carbocycles. The molecule has 1 aliphatic rings. The highest BCUT2D eigenvalue weighted by Gasteiger charge is 2.21. The molecule has 10 heteroatoms. The van der Waals surface area contributed by atoms with E-state index in [0.717, 1.165) is 12.8 Å². The molecular formula is C22H21Cl2N3O4S. The SMILES string of the molecule is COc1ccc(Cl)cc1NC(=O)CSc1nc2cc(Cl)ccc2c(=O)n1CC1CCCO1. The van der Waals surface area contributed by atoms with Crippen LogP contribution in [0.3, 0.4) is 0 Å². The third kappa shape index (κ3) is 5.20. The molecule has 1 aliphatic heterocycles. The molecule has 1 aromatic heterocycles. The van der Waals surface area contributed by atoms with Gasteiger partial charge in [-0.3, -0.25) is 14.2 Å². The van der Waals surface area contributed by atoms with Crippen LogP contribution >= 0.6 is 35.0 Å². The summed E-state index contributed by atoms with van der Waals surface area (Å²) in [7, 11) is 1.52. The molecule has 3 aromatic rings. The second kappa shape index (κ2) is 10.1. The van der Waals surface area contributed by atoms with Crippen molar-refractivity contribution in [2.75, 3.05) is 24.8 Å². The second-order valence-corrected chi connectivity index (χ2v) is 9.10. The molecule has 168 valence electrons. The summed E-state index contributed by atoms with van der Waals surface area (Å²) in [5.41, 5.74) is 0.785. The molecule has 1 fully saturated rings. The van der Waals surface area contributed by atoms with Gasteiger partial charge in [0, 0.05) is 16.7 Å². The van der Waals surface area contributed by atoms with Crippen molar-refractivity contribution in [3.05, 3.63) is 56.8 Å². The van der Waals surface area contributed by atoms with Crippen LogP contribution in [0.2, 0.25) is 10.0 Å². The average Bonchev–Trinajstić information content (AvgIpc) is 3.28. The van der Waals surface area contributed by atoms with Crippen molar-refractivity contribution >= 4 is 57.5 Å². The number of anilines is 1. The fourth-order valence-corrected chi connectivity index (χ4v) is 4.68. The summed E-state index contributed by atoms with van der Waals surface area (Å²) in [5.74, 6) is 0.265. The largest absolute Gasteiger partial charge is 0.495 e. The van der Waals surface area contributed by atoms with Gasteiger partial charge in [0.05, 0.1) is 42.1 Å². The van der Waals surface area contributed by atoms with Gasteiger partial charge in [0.2, 0.25) is 5.91 Å². The lowest BCUT2D eigenvalue weighted by Crippen LogP contribution is -2.29. The summed E-state index contributed by atoms with van der Waals surface area (Å²) in [5, 5.41) is 4.68. The molecule has 7 nitrogen and oxygen atoms in total. The van der Waals surface area contributed by atoms with Gasteiger partial charge in [-0.05, 0) is 49.2 Å². The number of nitrogens with one attached hydrogen (secondary N) is 1. The second-order valence-electron chi connectivity index (χ2n) is 7.29. The van der Waals surface area contributed by atoms with Crippen molar-refractivity contribution in [1.29, 1.82) is 0 Å². The number of hydrogen-bond donors (Lipinski definition) is 1. The van der Waals surface area contributed by atoms with E-state index in [1.54, 1.807) is 41.0 Å². The Morgan fingerprint density at radius 1 is 1.28 bits per heavy atom. The van der Waals surface area contributed by atoms with E-state index in [-0.39, 0.29) is 23.3 Å². The normalized spacial score (nSPS) is 15.8. The topological polar surface area (TPSA) is 82.5 Å². The molecule has 1 N–H and O–H groups in total. The number of thioether (sulfide) groups is 1. The number of carbonyl (C=O) groups excluding carboxylic acids is 1. The lowest BCUT2D eigenvalue weighted by atomic mass is 10.2. The first kappa shape index (κ1) is 22.9. The van der Waals surface area contributed by atoms with Gasteiger partial charge in [0.1, 0.15) is 5.75 Å². The number of hydrogen-bond acceptors (Lipinski definition) is 6. The first-order valence-electron chi connectivity index (χ1n) is 10.0. The highest BCUT2D eigenvalue weighted by molar-refractivity contribution is 7.99. The molecule has 1 atom stereocenters. The van der Waals surface area contributed by atoms with E-state index in [1.807, 2.05) is 0 Å². The molecule has 1 saturated heterocycles. The van der Waals surface area contributed by atoms with E-state index in [9.17, 15) is 9.59 Å². The van der Waals surface area contributed by atoms with Crippen LogP contribution in [0.1, 0.15) is 12.8 Å². The number of benzene rings is 2. The number of rotatable bonds is 7. The lowest BCUT2D eigenvalue weighted by Gasteiger charge is -2.16. The standard InChI is InChI=1S/C22H21Cl2N3O4S/c1-30-19-7-5-14(24)10-18(19)25-20(28)12-32-22-26-17-9-13(23)4-6-16(17)21(29)27(22)11-15-3-2-8-31-15/h4-7,9-10,15H,2-3,8,11-12H2,1H3,(H,25,28). The minimum atomic E-state index is -0.278. The molecule has 0 radical (unpaired) electrons. The maximum atomic E-state index is 13.2. The van der Waals surface area contributed by atoms with E-state index < -0.39 is 0 Å². The Morgan fingerprint density at radius 2 is 2.06 bits per heavy atom. The summed E-state index contributed by atoms with van der Waals surface area (Å²) in [4.78, 5) is 30.4. The average molecular weight is 494 g/mol. The quantitative estimate of drug-likeness (QED) is 0.381. The maximum Gasteiger partial charge on any atom is 0.262 e. The first-order chi connectivity index (χ1) is 15.4. The lowest BCUT2D eigenvalue weighted by molar-refractivity contribution is -0.113. The van der Waals surface area contributed by atoms with Gasteiger partial charge in [-0.25, -0.2) is 4.98 Å². The molecule has 4 rings (SSSR count). The van der Waals surface area contributed by atoms with Gasteiger partial charge in [0.15, 0.2) is 5.16 Å². The molecule has 32 heavy (non-hydrogen) atoms. The molecule has 2 aromatic carbocycles. The predicted octanol–water partition coefficient (Wildman–Crippen LogP) is 4.62. The molecule has 1 amide bonds. The number of fused-ring (bicyclic) bond motifs is 1. The van der Waals surface area contributed by atoms with Gasteiger partial charge in [-0.1, -0.05) is 35.0 Å². The molecule has 0 bridgehead atoms. The van der Waals surface area contributed by atoms with Crippen molar-refractivity contribution in [1.82, 2.24) is 9.55 Å². The van der Waals surface area contributed by atoms with E-state index in [2.05, 4.69) is 10.3 Å². The number of nitrogens with zero attached hydrogens (tertiary/aromatic N) is 2. The van der Waals surface area contributed by atoms with Crippen molar-refractivity contribution in [2.24, 2.45) is 0 Å². The molecule has 2 heterocycles. The van der Waals surface area contributed by atoms with E-state index in [4.69, 9.17) is 32.7 Å². The molecule has 0 spiro atoms. The van der Waals surface area contributed by atoms with Crippen LogP contribution in [0.15, 0.2) is 46.3 Å². The minimum absolute atomic E-state index is 0.0414. The molecule has 0 saturated carbocycles. The highest BCUT2D eigenvalue weighted by Crippen LogP contribution is 2.28. The van der Waals surface area contributed by atoms with Gasteiger partial charge >= 0.3 is 0 Å². The van der Waals surface area contributed by atoms with Crippen LogP contribution in [-0.2, 0) is 16.1 Å². The van der Waals surface area contributed by atoms with Crippen molar-refractivity contribution in [3.8, 4) is 5.75 Å². The van der Waals surface area contributed by atoms with Gasteiger partial charge in [-0.15, -0.1) is 0 Å². The minimum Gasteiger partial charge on any atom is -0.495 e. The van der Waals surface area contributed by atoms with Crippen LogP contribution in [-0.4, -0.2) is 41.0 Å². The predicted molar refractivity (Wildman–Crippen MR) is 127 cm³/mol. The number of carbonyl (C=O) groups is 1. The summed E-state index contributed by atoms with van der Waals surface area (Å²) in [6, 6.07) is 9.97. The number of ether oxygens (including phenoxy) is 2. The van der Waals surface area contributed by atoms with E-state index in [1.165, 1.54) is 18.9 Å². The Labute approximate surface area is 199 Å². The van der Waals surface area contributed by atoms with Crippen molar-refractivity contribution in [2.45, 2.75) is 30.6 Å². The third-order valence-corrected chi connectivity index (χ3v) is 6.51. The van der Waals surface area contributed by atoms with Crippen LogP contribution in [0.4, 0.5) is 5.69 Å². The van der Waals surface area contributed by atoms with Gasteiger partial charge in [0.25, 0.3) is 5.56 Å². The van der Waals surface area contributed by atoms with Gasteiger partial charge < -0.3 is 14.8 Å². The first-order valence-corrected chi connectivity index (χ1v) is 11.8. The zero-order chi connectivity index (χ0) is 22.7.